The first-order valence-electron chi connectivity index (χ1n) is 8.85. The Bertz CT molecular complexity index is 808. The fourth-order valence-corrected chi connectivity index (χ4v) is 3.14. The molecule has 0 heterocycles. The number of benzene rings is 2. The van der Waals surface area contributed by atoms with Crippen molar-refractivity contribution in [3.05, 3.63) is 69.7 Å². The number of amides is 2. The molecule has 2 amide bonds. The third-order valence-electron chi connectivity index (χ3n) is 4.14. The van der Waals surface area contributed by atoms with Crippen LogP contribution in [0.4, 0.5) is 0 Å². The standard InChI is InChI=1S/C21H24Cl2N2O2/c1-14(2)24-21(27)15(3)25(13-16-7-6-9-18(22)11-16)20(26)12-17-8-4-5-10-19(17)23/h4-11,14-15H,12-13H2,1-3H3,(H,24,27)/t15-/m1/s1. The Kier molecular flexibility index (Phi) is 7.69. The van der Waals surface area contributed by atoms with Gasteiger partial charge in [0.15, 0.2) is 0 Å². The molecule has 6 heteroatoms. The molecule has 0 saturated heterocycles. The molecule has 0 radical (unpaired) electrons. The number of hydrogen-bond acceptors (Lipinski definition) is 2. The molecule has 0 saturated carbocycles. The zero-order valence-corrected chi connectivity index (χ0v) is 17.2. The van der Waals surface area contributed by atoms with E-state index < -0.39 is 6.04 Å². The second-order valence-electron chi connectivity index (χ2n) is 6.76. The summed E-state index contributed by atoms with van der Waals surface area (Å²) in [5.74, 6) is -0.367. The second-order valence-corrected chi connectivity index (χ2v) is 7.60. The van der Waals surface area contributed by atoms with Crippen LogP contribution in [0.5, 0.6) is 0 Å². The van der Waals surface area contributed by atoms with Gasteiger partial charge < -0.3 is 10.2 Å². The third-order valence-corrected chi connectivity index (χ3v) is 4.74. The summed E-state index contributed by atoms with van der Waals surface area (Å²) >= 11 is 12.3. The lowest BCUT2D eigenvalue weighted by Crippen LogP contribution is -2.49. The molecule has 0 spiro atoms. The zero-order valence-electron chi connectivity index (χ0n) is 15.7. The Balaban J connectivity index is 2.26. The molecule has 2 aromatic carbocycles. The van der Waals surface area contributed by atoms with E-state index >= 15 is 0 Å². The highest BCUT2D eigenvalue weighted by atomic mass is 35.5. The Morgan fingerprint density at radius 2 is 1.74 bits per heavy atom. The van der Waals surface area contributed by atoms with Crippen LogP contribution in [0.3, 0.4) is 0 Å². The van der Waals surface area contributed by atoms with E-state index in [1.54, 1.807) is 30.0 Å². The maximum absolute atomic E-state index is 13.0. The van der Waals surface area contributed by atoms with E-state index in [4.69, 9.17) is 23.2 Å². The third kappa shape index (κ3) is 6.26. The number of hydrogen-bond donors (Lipinski definition) is 1. The van der Waals surface area contributed by atoms with Gasteiger partial charge in [0.05, 0.1) is 6.42 Å². The van der Waals surface area contributed by atoms with Gasteiger partial charge in [0.1, 0.15) is 6.04 Å². The zero-order chi connectivity index (χ0) is 20.0. The molecule has 0 bridgehead atoms. The van der Waals surface area contributed by atoms with Crippen LogP contribution < -0.4 is 5.32 Å². The largest absolute Gasteiger partial charge is 0.352 e. The van der Waals surface area contributed by atoms with Crippen LogP contribution in [0.15, 0.2) is 48.5 Å². The molecule has 0 aliphatic rings. The lowest BCUT2D eigenvalue weighted by atomic mass is 10.1. The van der Waals surface area contributed by atoms with Gasteiger partial charge >= 0.3 is 0 Å². The summed E-state index contributed by atoms with van der Waals surface area (Å²) in [6.07, 6.45) is 0.125. The minimum atomic E-state index is -0.624. The van der Waals surface area contributed by atoms with Crippen LogP contribution in [0.25, 0.3) is 0 Å². The molecular weight excluding hydrogens is 383 g/mol. The topological polar surface area (TPSA) is 49.4 Å². The Hall–Kier alpha value is -2.04. The molecular formula is C21H24Cl2N2O2. The molecule has 1 N–H and O–H groups in total. The van der Waals surface area contributed by atoms with Crippen LogP contribution in [0.2, 0.25) is 10.0 Å². The van der Waals surface area contributed by atoms with Crippen molar-refractivity contribution in [3.63, 3.8) is 0 Å². The Morgan fingerprint density at radius 1 is 1.04 bits per heavy atom. The van der Waals surface area contributed by atoms with Crippen LogP contribution >= 0.6 is 23.2 Å². The van der Waals surface area contributed by atoms with Crippen molar-refractivity contribution in [1.82, 2.24) is 10.2 Å². The molecule has 0 aromatic heterocycles. The molecule has 2 rings (SSSR count). The first-order valence-corrected chi connectivity index (χ1v) is 9.61. The normalized spacial score (nSPS) is 11.9. The van der Waals surface area contributed by atoms with Crippen molar-refractivity contribution in [2.24, 2.45) is 0 Å². The molecule has 0 unspecified atom stereocenters. The van der Waals surface area contributed by atoms with Crippen molar-refractivity contribution < 1.29 is 9.59 Å². The van der Waals surface area contributed by atoms with Crippen molar-refractivity contribution in [2.75, 3.05) is 0 Å². The Morgan fingerprint density at radius 3 is 2.37 bits per heavy atom. The van der Waals surface area contributed by atoms with Crippen LogP contribution in [-0.2, 0) is 22.6 Å². The van der Waals surface area contributed by atoms with Crippen molar-refractivity contribution in [1.29, 1.82) is 0 Å². The molecule has 2 aromatic rings. The highest BCUT2D eigenvalue weighted by Gasteiger charge is 2.27. The summed E-state index contributed by atoms with van der Waals surface area (Å²) in [7, 11) is 0. The van der Waals surface area contributed by atoms with Crippen molar-refractivity contribution >= 4 is 35.0 Å². The van der Waals surface area contributed by atoms with Crippen LogP contribution in [0, 0.1) is 0 Å². The number of halogens is 2. The average Bonchev–Trinajstić information content (AvgIpc) is 2.60. The number of nitrogens with one attached hydrogen (secondary N) is 1. The van der Waals surface area contributed by atoms with Gasteiger partial charge in [-0.15, -0.1) is 0 Å². The van der Waals surface area contributed by atoms with E-state index in [2.05, 4.69) is 5.32 Å². The summed E-state index contributed by atoms with van der Waals surface area (Å²) in [6.45, 7) is 5.79. The molecule has 27 heavy (non-hydrogen) atoms. The van der Waals surface area contributed by atoms with Gasteiger partial charge in [-0.1, -0.05) is 53.5 Å². The monoisotopic (exact) mass is 406 g/mol. The van der Waals surface area contributed by atoms with Gasteiger partial charge in [-0.05, 0) is 50.1 Å². The molecule has 0 fully saturated rings. The lowest BCUT2D eigenvalue weighted by Gasteiger charge is -2.29. The minimum absolute atomic E-state index is 0.00774. The van der Waals surface area contributed by atoms with Gasteiger partial charge in [-0.25, -0.2) is 0 Å². The smallest absolute Gasteiger partial charge is 0.242 e. The highest BCUT2D eigenvalue weighted by molar-refractivity contribution is 6.31. The minimum Gasteiger partial charge on any atom is -0.352 e. The van der Waals surface area contributed by atoms with E-state index in [0.29, 0.717) is 10.0 Å². The number of carbonyl (C=O) groups excluding carboxylic acids is 2. The average molecular weight is 407 g/mol. The SMILES string of the molecule is CC(C)NC(=O)[C@@H](C)N(Cc1cccc(Cl)c1)C(=O)Cc1ccccc1Cl. The summed E-state index contributed by atoms with van der Waals surface area (Å²) in [4.78, 5) is 27.1. The lowest BCUT2D eigenvalue weighted by molar-refractivity contribution is -0.140. The molecule has 0 aliphatic carbocycles. The van der Waals surface area contributed by atoms with E-state index in [-0.39, 0.29) is 30.8 Å². The molecule has 0 aliphatic heterocycles. The summed E-state index contributed by atoms with van der Waals surface area (Å²) in [6, 6.07) is 13.9. The number of nitrogens with zero attached hydrogens (tertiary/aromatic N) is 1. The second kappa shape index (κ2) is 9.77. The van der Waals surface area contributed by atoms with Crippen LogP contribution in [-0.4, -0.2) is 28.8 Å². The Labute approximate surface area is 170 Å². The quantitative estimate of drug-likeness (QED) is 0.736. The van der Waals surface area contributed by atoms with E-state index in [1.807, 2.05) is 44.2 Å². The number of carbonyl (C=O) groups is 2. The maximum Gasteiger partial charge on any atom is 0.242 e. The molecule has 1 atom stereocenters. The van der Waals surface area contributed by atoms with Crippen molar-refractivity contribution in [3.8, 4) is 0 Å². The van der Waals surface area contributed by atoms with Gasteiger partial charge in [0.25, 0.3) is 0 Å². The fourth-order valence-electron chi connectivity index (χ4n) is 2.73. The summed E-state index contributed by atoms with van der Waals surface area (Å²) < 4.78 is 0. The maximum atomic E-state index is 13.0. The molecule has 4 nitrogen and oxygen atoms in total. The van der Waals surface area contributed by atoms with E-state index in [1.165, 1.54) is 0 Å². The van der Waals surface area contributed by atoms with Crippen LogP contribution in [0.1, 0.15) is 31.9 Å². The first-order chi connectivity index (χ1) is 12.8. The van der Waals surface area contributed by atoms with Gasteiger partial charge in [0, 0.05) is 22.6 Å². The van der Waals surface area contributed by atoms with Gasteiger partial charge in [-0.3, -0.25) is 9.59 Å². The summed E-state index contributed by atoms with van der Waals surface area (Å²) in [5, 5.41) is 3.99. The first kappa shape index (κ1) is 21.3. The van der Waals surface area contributed by atoms with Gasteiger partial charge in [-0.2, -0.15) is 0 Å². The molecule has 144 valence electrons. The highest BCUT2D eigenvalue weighted by Crippen LogP contribution is 2.19. The van der Waals surface area contributed by atoms with E-state index in [9.17, 15) is 9.59 Å². The number of rotatable bonds is 7. The predicted octanol–water partition coefficient (Wildman–Crippen LogP) is 4.48. The predicted molar refractivity (Wildman–Crippen MR) is 110 cm³/mol. The van der Waals surface area contributed by atoms with E-state index in [0.717, 1.165) is 11.1 Å². The summed E-state index contributed by atoms with van der Waals surface area (Å²) in [5.41, 5.74) is 1.59. The fraction of sp³-hybridized carbons (Fsp3) is 0.333. The van der Waals surface area contributed by atoms with Crippen molar-refractivity contribution in [2.45, 2.75) is 45.8 Å². The van der Waals surface area contributed by atoms with Gasteiger partial charge in [0.2, 0.25) is 11.8 Å².